The quantitative estimate of drug-likeness (QED) is 0.338. The van der Waals surface area contributed by atoms with Crippen molar-refractivity contribution in [1.29, 1.82) is 0 Å². The highest BCUT2D eigenvalue weighted by atomic mass is 14.7. The Morgan fingerprint density at radius 1 is 0.611 bits per heavy atom. The Balaban J connectivity index is 1.23. The zero-order chi connectivity index (χ0) is 24.6. The van der Waals surface area contributed by atoms with Gasteiger partial charge in [0.25, 0.3) is 0 Å². The van der Waals surface area contributed by atoms with Crippen molar-refractivity contribution in [3.8, 4) is 0 Å². The van der Waals surface area contributed by atoms with Crippen molar-refractivity contribution in [2.45, 2.75) is 125 Å². The van der Waals surface area contributed by atoms with Gasteiger partial charge in [-0.1, -0.05) is 46.3 Å². The zero-order valence-electron chi connectivity index (χ0n) is 24.4. The van der Waals surface area contributed by atoms with Crippen LogP contribution < -0.4 is 0 Å². The lowest BCUT2D eigenvalue weighted by Gasteiger charge is -2.56. The van der Waals surface area contributed by atoms with Crippen LogP contribution in [0.15, 0.2) is 11.6 Å². The van der Waals surface area contributed by atoms with Crippen LogP contribution in [-0.4, -0.2) is 0 Å². The molecule has 200 valence electrons. The maximum Gasteiger partial charge on any atom is -0.00533 e. The summed E-state index contributed by atoms with van der Waals surface area (Å²) in [5, 5.41) is 0. The summed E-state index contributed by atoms with van der Waals surface area (Å²) in [6.07, 6.45) is 25.0. The SMILES string of the molecule is CC1/C(=C\C2(CC3(CC4(C)C5CCC(C5)C4C)C4CCC(C4)C3C)C3CCC(C3)C2C)C2CCC1C2. The molecule has 0 N–H and O–H groups in total. The Bertz CT molecular complexity index is 928. The number of allylic oxidation sites excluding steroid dienone is 2. The molecule has 8 aliphatic rings. The van der Waals surface area contributed by atoms with Gasteiger partial charge in [0.15, 0.2) is 0 Å². The van der Waals surface area contributed by atoms with Crippen LogP contribution in [0.25, 0.3) is 0 Å². The molecule has 36 heavy (non-hydrogen) atoms. The highest BCUT2D eigenvalue weighted by molar-refractivity contribution is 5.28. The second kappa shape index (κ2) is 7.68. The zero-order valence-corrected chi connectivity index (χ0v) is 24.4. The first-order valence-corrected chi connectivity index (χ1v) is 17.0. The van der Waals surface area contributed by atoms with Crippen molar-refractivity contribution >= 4 is 0 Å². The molecule has 8 aliphatic carbocycles. The number of rotatable bonds is 5. The van der Waals surface area contributed by atoms with Crippen molar-refractivity contribution in [3.63, 3.8) is 0 Å². The highest BCUT2D eigenvalue weighted by Crippen LogP contribution is 2.75. The molecule has 8 saturated carbocycles. The molecule has 8 fully saturated rings. The van der Waals surface area contributed by atoms with Crippen LogP contribution in [0.4, 0.5) is 0 Å². The molecule has 0 aliphatic heterocycles. The summed E-state index contributed by atoms with van der Waals surface area (Å²) in [6.45, 7) is 13.7. The van der Waals surface area contributed by atoms with Crippen LogP contribution in [0.2, 0.25) is 0 Å². The smallest absolute Gasteiger partial charge is 0.00533 e. The van der Waals surface area contributed by atoms with E-state index in [4.69, 9.17) is 0 Å². The monoisotopic (exact) mass is 488 g/mol. The Labute approximate surface area is 223 Å². The Morgan fingerprint density at radius 3 is 1.81 bits per heavy atom. The first kappa shape index (κ1) is 23.6. The van der Waals surface area contributed by atoms with E-state index < -0.39 is 0 Å². The van der Waals surface area contributed by atoms with E-state index in [1.54, 1.807) is 70.6 Å². The van der Waals surface area contributed by atoms with Crippen LogP contribution in [0, 0.1) is 87.3 Å². The molecule has 8 bridgehead atoms. The molecule has 0 spiro atoms. The van der Waals surface area contributed by atoms with E-state index in [-0.39, 0.29) is 0 Å². The van der Waals surface area contributed by atoms with E-state index in [0.29, 0.717) is 16.2 Å². The second-order valence-electron chi connectivity index (χ2n) is 17.1. The molecule has 0 amide bonds. The first-order valence-electron chi connectivity index (χ1n) is 17.0. The minimum absolute atomic E-state index is 0.535. The maximum absolute atomic E-state index is 3.13. The molecular formula is C36H56. The average Bonchev–Trinajstić information content (AvgIpc) is 3.71. The Hall–Kier alpha value is -0.260. The van der Waals surface area contributed by atoms with E-state index >= 15 is 0 Å². The number of hydrogen-bond donors (Lipinski definition) is 0. The van der Waals surface area contributed by atoms with Crippen molar-refractivity contribution in [2.75, 3.05) is 0 Å². The lowest BCUT2D eigenvalue weighted by Crippen LogP contribution is -2.49. The van der Waals surface area contributed by atoms with Gasteiger partial charge in [0.1, 0.15) is 0 Å². The Morgan fingerprint density at radius 2 is 1.22 bits per heavy atom. The molecular weight excluding hydrogens is 432 g/mol. The van der Waals surface area contributed by atoms with Crippen molar-refractivity contribution < 1.29 is 0 Å². The predicted octanol–water partition coefficient (Wildman–Crippen LogP) is 9.94. The van der Waals surface area contributed by atoms with Gasteiger partial charge in [-0.3, -0.25) is 0 Å². The minimum Gasteiger partial charge on any atom is -0.0780 e. The third-order valence-corrected chi connectivity index (χ3v) is 16.8. The standard InChI is InChI=1S/C36H56/c1-21-25-6-7-29(14-25)33(21)18-35(23(3)27-9-12-31(35)16-27)20-36(24(4)28-10-13-32(36)17-28)19-34(5)22(2)26-8-11-30(34)15-26/h18,21-32H,6-17,19-20H2,1-5H3/b33-18+. The number of hydrogen-bond acceptors (Lipinski definition) is 0. The molecule has 0 aromatic heterocycles. The van der Waals surface area contributed by atoms with Crippen LogP contribution in [0.3, 0.4) is 0 Å². The fourth-order valence-corrected chi connectivity index (χ4v) is 14.4. The Kier molecular flexibility index (Phi) is 5.04. The van der Waals surface area contributed by atoms with E-state index in [9.17, 15) is 0 Å². The van der Waals surface area contributed by atoms with Gasteiger partial charge >= 0.3 is 0 Å². The minimum atomic E-state index is 0.535. The lowest BCUT2D eigenvalue weighted by molar-refractivity contribution is -0.0617. The van der Waals surface area contributed by atoms with Gasteiger partial charge < -0.3 is 0 Å². The molecule has 0 radical (unpaired) electrons. The molecule has 0 heterocycles. The summed E-state index contributed by atoms with van der Waals surface area (Å²) in [5.74, 6) is 12.0. The van der Waals surface area contributed by atoms with Crippen molar-refractivity contribution in [3.05, 3.63) is 11.6 Å². The van der Waals surface area contributed by atoms with Crippen molar-refractivity contribution in [2.24, 2.45) is 87.3 Å². The molecule has 0 saturated heterocycles. The van der Waals surface area contributed by atoms with E-state index in [0.717, 1.165) is 71.0 Å². The average molecular weight is 489 g/mol. The van der Waals surface area contributed by atoms with Gasteiger partial charge in [0.05, 0.1) is 0 Å². The van der Waals surface area contributed by atoms with Crippen LogP contribution in [0.5, 0.6) is 0 Å². The molecule has 0 heteroatoms. The predicted molar refractivity (Wildman–Crippen MR) is 150 cm³/mol. The van der Waals surface area contributed by atoms with Crippen LogP contribution >= 0.6 is 0 Å². The molecule has 0 nitrogen and oxygen atoms in total. The normalized spacial score (nSPS) is 63.5. The fraction of sp³-hybridized carbons (Fsp3) is 0.944. The van der Waals surface area contributed by atoms with Gasteiger partial charge in [-0.05, 0) is 177 Å². The summed E-state index contributed by atoms with van der Waals surface area (Å²) in [4.78, 5) is 0. The highest BCUT2D eigenvalue weighted by Gasteiger charge is 2.66. The summed E-state index contributed by atoms with van der Waals surface area (Å²) >= 11 is 0. The van der Waals surface area contributed by atoms with Crippen LogP contribution in [-0.2, 0) is 0 Å². The molecule has 8 rings (SSSR count). The lowest BCUT2D eigenvalue weighted by atomic mass is 9.48. The summed E-state index contributed by atoms with van der Waals surface area (Å²) in [7, 11) is 0. The van der Waals surface area contributed by atoms with Gasteiger partial charge in [-0.2, -0.15) is 0 Å². The second-order valence-corrected chi connectivity index (χ2v) is 17.1. The summed E-state index contributed by atoms with van der Waals surface area (Å²) < 4.78 is 0. The van der Waals surface area contributed by atoms with Gasteiger partial charge in [0, 0.05) is 0 Å². The molecule has 0 aromatic carbocycles. The van der Waals surface area contributed by atoms with Crippen LogP contribution in [0.1, 0.15) is 125 Å². The largest absolute Gasteiger partial charge is 0.0780 e. The van der Waals surface area contributed by atoms with Crippen molar-refractivity contribution in [1.82, 2.24) is 0 Å². The third-order valence-electron chi connectivity index (χ3n) is 16.8. The third kappa shape index (κ3) is 2.85. The number of fused-ring (bicyclic) bond motifs is 8. The first-order chi connectivity index (χ1) is 17.2. The summed E-state index contributed by atoms with van der Waals surface area (Å²) in [6, 6.07) is 0. The topological polar surface area (TPSA) is 0 Å². The van der Waals surface area contributed by atoms with E-state index in [2.05, 4.69) is 40.7 Å². The maximum atomic E-state index is 3.13. The molecule has 15 unspecified atom stereocenters. The fourth-order valence-electron chi connectivity index (χ4n) is 14.4. The van der Waals surface area contributed by atoms with Gasteiger partial charge in [0.2, 0.25) is 0 Å². The van der Waals surface area contributed by atoms with Gasteiger partial charge in [-0.25, -0.2) is 0 Å². The summed E-state index contributed by atoms with van der Waals surface area (Å²) in [5.41, 5.74) is 3.77. The van der Waals surface area contributed by atoms with E-state index in [1.807, 2.05) is 5.57 Å². The molecule has 15 atom stereocenters. The van der Waals surface area contributed by atoms with Gasteiger partial charge in [-0.15, -0.1) is 0 Å². The molecule has 0 aromatic rings. The van der Waals surface area contributed by atoms with E-state index in [1.165, 1.54) is 19.3 Å².